The van der Waals surface area contributed by atoms with Crippen LogP contribution in [0.5, 0.6) is 5.75 Å². The Morgan fingerprint density at radius 2 is 1.68 bits per heavy atom. The zero-order valence-corrected chi connectivity index (χ0v) is 20.7. The lowest BCUT2D eigenvalue weighted by molar-refractivity contribution is -0.169. The van der Waals surface area contributed by atoms with Crippen molar-refractivity contribution >= 4 is 29.2 Å². The van der Waals surface area contributed by atoms with Gasteiger partial charge >= 0.3 is 5.97 Å². The van der Waals surface area contributed by atoms with Crippen molar-refractivity contribution in [3.63, 3.8) is 0 Å². The van der Waals surface area contributed by atoms with Crippen LogP contribution in [0.4, 0.5) is 0 Å². The molecule has 3 aliphatic rings. The topological polar surface area (TPSA) is 276 Å². The van der Waals surface area contributed by atoms with Crippen molar-refractivity contribution in [1.82, 2.24) is 4.90 Å². The number of carboxylic acid groups (broad SMARTS) is 1. The van der Waals surface area contributed by atoms with Crippen molar-refractivity contribution in [2.75, 3.05) is 20.6 Å². The normalized spacial score (nSPS) is 29.9. The molecular formula is C24H31N3O11. The molecule has 1 aromatic carbocycles. The second-order valence-electron chi connectivity index (χ2n) is 9.39. The van der Waals surface area contributed by atoms with Gasteiger partial charge in [0.25, 0.3) is 5.91 Å². The molecule has 1 fully saturated rings. The SMILES string of the molecule is C[C@H]1c2cccc(O)c2C(O)=C2C(=O)[C@]3(O)C(O)=C(C(N)=O)C(=O)[C@@H](N(C)C)[C@@H]3[C@@H](O)[C@@H]21.NCC(=O)O.O. The number of carbonyl (C=O) groups is 4. The molecule has 0 heterocycles. The number of phenols is 1. The highest BCUT2D eigenvalue weighted by Crippen LogP contribution is 2.55. The maximum atomic E-state index is 13.7. The largest absolute Gasteiger partial charge is 0.508 e. The van der Waals surface area contributed by atoms with Gasteiger partial charge in [0.2, 0.25) is 5.78 Å². The standard InChI is InChI=1S/C22H24N2O8.C2H5NO2.H2O/c1-7-8-5-4-6-9(25)11(8)16(26)12-10(7)17(27)14-15(24(2)3)18(28)13(21(23)31)20(30)22(14,32)19(12)29;3-1-2(4)5;/h4-7,10,14-15,17,25-27,30,32H,1-3H3,(H2,23,31);1,3H2,(H,4,5);1H2/t7-,10+,14+,15-,17-,22-;;/m0../s1. The molecule has 3 aliphatic carbocycles. The van der Waals surface area contributed by atoms with E-state index in [2.05, 4.69) is 5.73 Å². The lowest BCUT2D eigenvalue weighted by Crippen LogP contribution is -2.70. The Hall–Kier alpha value is -3.82. The third kappa shape index (κ3) is 4.21. The number of ketones is 2. The third-order valence-electron chi connectivity index (χ3n) is 7.17. The van der Waals surface area contributed by atoms with Gasteiger partial charge in [-0.25, -0.2) is 0 Å². The Kier molecular flexibility index (Phi) is 8.41. The van der Waals surface area contributed by atoms with E-state index in [1.54, 1.807) is 19.1 Å². The number of carboxylic acids is 1. The second kappa shape index (κ2) is 10.5. The highest BCUT2D eigenvalue weighted by molar-refractivity contribution is 6.24. The number of primary amides is 1. The lowest BCUT2D eigenvalue weighted by Gasteiger charge is -2.53. The van der Waals surface area contributed by atoms with E-state index in [0.29, 0.717) is 5.56 Å². The number of aliphatic hydroxyl groups excluding tert-OH is 3. The number of fused-ring (bicyclic) bond motifs is 3. The Bertz CT molecular complexity index is 1250. The van der Waals surface area contributed by atoms with Crippen molar-refractivity contribution in [3.05, 3.63) is 46.2 Å². The van der Waals surface area contributed by atoms with Gasteiger partial charge < -0.3 is 47.6 Å². The maximum Gasteiger partial charge on any atom is 0.317 e. The van der Waals surface area contributed by atoms with Crippen LogP contribution in [0.15, 0.2) is 35.1 Å². The van der Waals surface area contributed by atoms with Crippen LogP contribution < -0.4 is 11.5 Å². The van der Waals surface area contributed by atoms with Crippen LogP contribution in [0.2, 0.25) is 0 Å². The van der Waals surface area contributed by atoms with Gasteiger partial charge in [0.1, 0.15) is 22.8 Å². The Labute approximate surface area is 216 Å². The van der Waals surface area contributed by atoms with Crippen LogP contribution in [-0.2, 0) is 19.2 Å². The van der Waals surface area contributed by atoms with E-state index in [-0.39, 0.29) is 23.3 Å². The first-order valence-corrected chi connectivity index (χ1v) is 11.2. The molecule has 1 aromatic rings. The number of aliphatic hydroxyl groups is 4. The number of aromatic hydroxyl groups is 1. The van der Waals surface area contributed by atoms with Gasteiger partial charge in [-0.15, -0.1) is 0 Å². The zero-order valence-electron chi connectivity index (χ0n) is 20.7. The first kappa shape index (κ1) is 30.4. The maximum absolute atomic E-state index is 13.7. The first-order chi connectivity index (χ1) is 17.1. The van der Waals surface area contributed by atoms with Crippen molar-refractivity contribution in [1.29, 1.82) is 0 Å². The summed E-state index contributed by atoms with van der Waals surface area (Å²) in [7, 11) is 2.92. The van der Waals surface area contributed by atoms with Crippen molar-refractivity contribution in [3.8, 4) is 5.75 Å². The van der Waals surface area contributed by atoms with Gasteiger partial charge in [-0.3, -0.25) is 24.1 Å². The van der Waals surface area contributed by atoms with Crippen LogP contribution in [-0.4, -0.2) is 103 Å². The van der Waals surface area contributed by atoms with Crippen molar-refractivity contribution < 1.29 is 55.3 Å². The molecule has 4 rings (SSSR count). The van der Waals surface area contributed by atoms with Crippen molar-refractivity contribution in [2.24, 2.45) is 23.3 Å². The fourth-order valence-electron chi connectivity index (χ4n) is 5.58. The van der Waals surface area contributed by atoms with E-state index in [0.717, 1.165) is 0 Å². The minimum Gasteiger partial charge on any atom is -0.508 e. The number of benzene rings is 1. The number of hydrogen-bond acceptors (Lipinski definition) is 11. The van der Waals surface area contributed by atoms with E-state index in [1.165, 1.54) is 25.1 Å². The minimum atomic E-state index is -2.89. The quantitative estimate of drug-likeness (QED) is 0.189. The van der Waals surface area contributed by atoms with Gasteiger partial charge in [-0.2, -0.15) is 0 Å². The van der Waals surface area contributed by atoms with Crippen LogP contribution >= 0.6 is 0 Å². The first-order valence-electron chi connectivity index (χ1n) is 11.2. The fraction of sp³-hybridized carbons (Fsp3) is 0.417. The predicted octanol–water partition coefficient (Wildman–Crippen LogP) is -2.30. The van der Waals surface area contributed by atoms with Gasteiger partial charge in [-0.05, 0) is 31.6 Å². The number of rotatable bonds is 3. The molecule has 1 amide bonds. The summed E-state index contributed by atoms with van der Waals surface area (Å²) in [5, 5.41) is 62.5. The fourth-order valence-corrected chi connectivity index (χ4v) is 5.58. The van der Waals surface area contributed by atoms with E-state index in [9.17, 15) is 44.7 Å². The van der Waals surface area contributed by atoms with Gasteiger partial charge in [-0.1, -0.05) is 19.1 Å². The van der Waals surface area contributed by atoms with Crippen LogP contribution in [0.3, 0.4) is 0 Å². The lowest BCUT2D eigenvalue weighted by atomic mass is 9.54. The van der Waals surface area contributed by atoms with Crippen molar-refractivity contribution in [2.45, 2.75) is 30.6 Å². The summed E-state index contributed by atoms with van der Waals surface area (Å²) in [6.45, 7) is 1.40. The average Bonchev–Trinajstić information content (AvgIpc) is 2.81. The minimum absolute atomic E-state index is 0. The van der Waals surface area contributed by atoms with E-state index >= 15 is 0 Å². The number of Topliss-reactive ketones (excluding diaryl/α,β-unsaturated/α-hetero) is 2. The molecule has 14 heteroatoms. The molecule has 12 N–H and O–H groups in total. The Balaban J connectivity index is 0.000000774. The summed E-state index contributed by atoms with van der Waals surface area (Å²) < 4.78 is 0. The summed E-state index contributed by atoms with van der Waals surface area (Å²) in [4.78, 5) is 49.2. The van der Waals surface area contributed by atoms with E-state index < -0.39 is 81.6 Å². The molecule has 38 heavy (non-hydrogen) atoms. The summed E-state index contributed by atoms with van der Waals surface area (Å²) in [6, 6.07) is 3.13. The second-order valence-corrected chi connectivity index (χ2v) is 9.39. The zero-order chi connectivity index (χ0) is 28.1. The highest BCUT2D eigenvalue weighted by atomic mass is 16.4. The molecule has 1 saturated carbocycles. The monoisotopic (exact) mass is 537 g/mol. The average molecular weight is 538 g/mol. The highest BCUT2D eigenvalue weighted by Gasteiger charge is 2.68. The van der Waals surface area contributed by atoms with Gasteiger partial charge in [0, 0.05) is 11.5 Å². The predicted molar refractivity (Wildman–Crippen MR) is 131 cm³/mol. The molecule has 0 unspecified atom stereocenters. The Morgan fingerprint density at radius 3 is 2.16 bits per heavy atom. The molecule has 6 atom stereocenters. The number of phenolic OH excluding ortho intramolecular Hbond substituents is 1. The number of hydrogen-bond donors (Lipinski definition) is 8. The molecule has 14 nitrogen and oxygen atoms in total. The number of nitrogens with zero attached hydrogens (tertiary/aromatic N) is 1. The molecule has 208 valence electrons. The summed E-state index contributed by atoms with van der Waals surface area (Å²) in [6.07, 6.45) is -1.59. The number of amides is 1. The van der Waals surface area contributed by atoms with Crippen LogP contribution in [0.25, 0.3) is 5.76 Å². The molecule has 0 spiro atoms. The molecule has 0 aliphatic heterocycles. The summed E-state index contributed by atoms with van der Waals surface area (Å²) in [5.41, 5.74) is 6.04. The van der Waals surface area contributed by atoms with Gasteiger partial charge in [0.15, 0.2) is 11.4 Å². The van der Waals surface area contributed by atoms with E-state index in [1.807, 2.05) is 0 Å². The van der Waals surface area contributed by atoms with Gasteiger partial charge in [0.05, 0.1) is 30.2 Å². The summed E-state index contributed by atoms with van der Waals surface area (Å²) >= 11 is 0. The van der Waals surface area contributed by atoms with E-state index in [4.69, 9.17) is 10.8 Å². The molecule has 0 radical (unpaired) electrons. The molecule has 0 aromatic heterocycles. The van der Waals surface area contributed by atoms with Crippen LogP contribution in [0, 0.1) is 11.8 Å². The number of carbonyl (C=O) groups excluding carboxylic acids is 3. The number of aliphatic carboxylic acids is 1. The molecular weight excluding hydrogens is 506 g/mol. The Morgan fingerprint density at radius 1 is 1.13 bits per heavy atom. The molecule has 0 bridgehead atoms. The number of likely N-dealkylation sites (N-methyl/N-ethyl adjacent to an activating group) is 1. The van der Waals surface area contributed by atoms with Crippen LogP contribution in [0.1, 0.15) is 24.0 Å². The molecule has 0 saturated heterocycles. The number of nitrogens with two attached hydrogens (primary N) is 2. The summed E-state index contributed by atoms with van der Waals surface area (Å²) in [5.74, 6) is -9.83. The third-order valence-corrected chi connectivity index (χ3v) is 7.17. The smallest absolute Gasteiger partial charge is 0.317 e.